The molecule has 4 rings (SSSR count). The molecule has 0 unspecified atom stereocenters. The smallest absolute Gasteiger partial charge is 0.266 e. The van der Waals surface area contributed by atoms with Gasteiger partial charge in [-0.15, -0.1) is 0 Å². The van der Waals surface area contributed by atoms with Crippen molar-refractivity contribution in [2.45, 2.75) is 6.54 Å². The van der Waals surface area contributed by atoms with Crippen molar-refractivity contribution in [1.82, 2.24) is 29.6 Å². The van der Waals surface area contributed by atoms with E-state index in [0.29, 0.717) is 6.54 Å². The van der Waals surface area contributed by atoms with E-state index in [1.165, 1.54) is 4.68 Å². The minimum Gasteiger partial charge on any atom is -0.353 e. The molecule has 0 N–H and O–H groups in total. The lowest BCUT2D eigenvalue weighted by Crippen LogP contribution is -2.48. The summed E-state index contributed by atoms with van der Waals surface area (Å²) in [5.41, 5.74) is 0.672. The van der Waals surface area contributed by atoms with E-state index in [0.717, 1.165) is 49.6 Å². The fraction of sp³-hybridized carbons (Fsp3) is 0.353. The predicted molar refractivity (Wildman–Crippen MR) is 94.5 cm³/mol. The molecule has 1 aliphatic rings. The average Bonchev–Trinajstić information content (AvgIpc) is 2.67. The quantitative estimate of drug-likeness (QED) is 0.682. The lowest BCUT2D eigenvalue weighted by molar-refractivity contribution is 0.242. The zero-order valence-electron chi connectivity index (χ0n) is 13.8. The van der Waals surface area contributed by atoms with Crippen LogP contribution in [-0.2, 0) is 6.54 Å². The van der Waals surface area contributed by atoms with Gasteiger partial charge in [0.25, 0.3) is 5.56 Å². The van der Waals surface area contributed by atoms with Crippen molar-refractivity contribution < 1.29 is 0 Å². The summed E-state index contributed by atoms with van der Waals surface area (Å²) in [6.45, 7) is 5.05. The Labute approximate surface area is 144 Å². The zero-order valence-corrected chi connectivity index (χ0v) is 13.8. The molecule has 8 heteroatoms. The SMILES string of the molecule is O=c1cccnn1CCN1CCN(c2ncnc3ncccc23)CC1. The number of anilines is 1. The van der Waals surface area contributed by atoms with Gasteiger partial charge in [0.1, 0.15) is 12.1 Å². The molecule has 128 valence electrons. The van der Waals surface area contributed by atoms with Crippen LogP contribution < -0.4 is 10.5 Å². The normalized spacial score (nSPS) is 15.6. The molecule has 0 bridgehead atoms. The van der Waals surface area contributed by atoms with Crippen LogP contribution in [0.25, 0.3) is 11.0 Å². The van der Waals surface area contributed by atoms with Crippen molar-refractivity contribution in [3.05, 3.63) is 53.3 Å². The minimum absolute atomic E-state index is 0.0545. The van der Waals surface area contributed by atoms with Crippen LogP contribution in [-0.4, -0.2) is 62.4 Å². The van der Waals surface area contributed by atoms with E-state index in [-0.39, 0.29) is 5.56 Å². The fourth-order valence-corrected chi connectivity index (χ4v) is 3.11. The number of hydrogen-bond acceptors (Lipinski definition) is 7. The van der Waals surface area contributed by atoms with Gasteiger partial charge < -0.3 is 4.90 Å². The van der Waals surface area contributed by atoms with Crippen molar-refractivity contribution in [2.24, 2.45) is 0 Å². The average molecular weight is 337 g/mol. The molecule has 4 heterocycles. The minimum atomic E-state index is -0.0545. The number of hydrogen-bond donors (Lipinski definition) is 0. The molecule has 3 aromatic rings. The van der Waals surface area contributed by atoms with E-state index >= 15 is 0 Å². The van der Waals surface area contributed by atoms with E-state index in [9.17, 15) is 4.79 Å². The highest BCUT2D eigenvalue weighted by Gasteiger charge is 2.20. The lowest BCUT2D eigenvalue weighted by Gasteiger charge is -2.35. The molecule has 0 amide bonds. The number of aromatic nitrogens is 5. The van der Waals surface area contributed by atoms with Crippen LogP contribution in [0.2, 0.25) is 0 Å². The van der Waals surface area contributed by atoms with Gasteiger partial charge in [0, 0.05) is 51.2 Å². The Bertz CT molecular complexity index is 913. The van der Waals surface area contributed by atoms with Crippen molar-refractivity contribution in [3.63, 3.8) is 0 Å². The Kier molecular flexibility index (Phi) is 4.34. The van der Waals surface area contributed by atoms with Gasteiger partial charge >= 0.3 is 0 Å². The summed E-state index contributed by atoms with van der Waals surface area (Å²) in [6.07, 6.45) is 4.97. The third-order valence-corrected chi connectivity index (χ3v) is 4.47. The van der Waals surface area contributed by atoms with Crippen LogP contribution in [0.4, 0.5) is 5.82 Å². The molecule has 25 heavy (non-hydrogen) atoms. The molecule has 0 radical (unpaired) electrons. The van der Waals surface area contributed by atoms with Gasteiger partial charge in [-0.1, -0.05) is 0 Å². The summed E-state index contributed by atoms with van der Waals surface area (Å²) in [4.78, 5) is 29.3. The van der Waals surface area contributed by atoms with E-state index in [2.05, 4.69) is 29.9 Å². The maximum absolute atomic E-state index is 11.7. The summed E-state index contributed by atoms with van der Waals surface area (Å²) < 4.78 is 1.51. The van der Waals surface area contributed by atoms with Crippen molar-refractivity contribution >= 4 is 16.9 Å². The Morgan fingerprint density at radius 3 is 2.60 bits per heavy atom. The highest BCUT2D eigenvalue weighted by atomic mass is 16.1. The molecular formula is C17H19N7O. The summed E-state index contributed by atoms with van der Waals surface area (Å²) in [5.74, 6) is 0.943. The van der Waals surface area contributed by atoms with Crippen LogP contribution in [0.15, 0.2) is 47.8 Å². The number of pyridine rings is 1. The molecular weight excluding hydrogens is 318 g/mol. The standard InChI is InChI=1S/C17H19N7O/c25-15-4-2-6-21-24(15)12-9-22-7-10-23(11-8-22)17-14-3-1-5-18-16(14)19-13-20-17/h1-6,13H,7-12H2. The lowest BCUT2D eigenvalue weighted by atomic mass is 10.2. The van der Waals surface area contributed by atoms with Gasteiger partial charge in [0.2, 0.25) is 0 Å². The Morgan fingerprint density at radius 1 is 0.920 bits per heavy atom. The predicted octanol–water partition coefficient (Wildman–Crippen LogP) is 0.404. The zero-order chi connectivity index (χ0) is 17.1. The summed E-state index contributed by atoms with van der Waals surface area (Å²) >= 11 is 0. The number of piperazine rings is 1. The first-order chi connectivity index (χ1) is 12.3. The van der Waals surface area contributed by atoms with Crippen LogP contribution in [0, 0.1) is 0 Å². The van der Waals surface area contributed by atoms with Crippen molar-refractivity contribution in [3.8, 4) is 0 Å². The van der Waals surface area contributed by atoms with Crippen molar-refractivity contribution in [1.29, 1.82) is 0 Å². The van der Waals surface area contributed by atoms with Crippen LogP contribution in [0.5, 0.6) is 0 Å². The van der Waals surface area contributed by atoms with Gasteiger partial charge in [-0.05, 0) is 18.2 Å². The van der Waals surface area contributed by atoms with Crippen molar-refractivity contribution in [2.75, 3.05) is 37.6 Å². The molecule has 3 aromatic heterocycles. The van der Waals surface area contributed by atoms with E-state index in [4.69, 9.17) is 0 Å². The molecule has 8 nitrogen and oxygen atoms in total. The van der Waals surface area contributed by atoms with E-state index < -0.39 is 0 Å². The van der Waals surface area contributed by atoms with Crippen LogP contribution in [0.1, 0.15) is 0 Å². The first-order valence-corrected chi connectivity index (χ1v) is 8.36. The van der Waals surface area contributed by atoms with Gasteiger partial charge in [0.15, 0.2) is 5.65 Å². The summed E-state index contributed by atoms with van der Waals surface area (Å²) in [7, 11) is 0. The molecule has 1 aliphatic heterocycles. The second-order valence-corrected chi connectivity index (χ2v) is 5.99. The maximum atomic E-state index is 11.7. The number of fused-ring (bicyclic) bond motifs is 1. The third-order valence-electron chi connectivity index (χ3n) is 4.47. The van der Waals surface area contributed by atoms with Crippen LogP contribution in [0.3, 0.4) is 0 Å². The summed E-state index contributed by atoms with van der Waals surface area (Å²) in [5, 5.41) is 5.09. The maximum Gasteiger partial charge on any atom is 0.266 e. The van der Waals surface area contributed by atoms with E-state index in [1.807, 2.05) is 12.1 Å². The summed E-state index contributed by atoms with van der Waals surface area (Å²) in [6, 6.07) is 7.13. The molecule has 0 aromatic carbocycles. The largest absolute Gasteiger partial charge is 0.353 e. The van der Waals surface area contributed by atoms with Crippen LogP contribution >= 0.6 is 0 Å². The van der Waals surface area contributed by atoms with Gasteiger partial charge in [0.05, 0.1) is 11.9 Å². The highest BCUT2D eigenvalue weighted by molar-refractivity contribution is 5.86. The monoisotopic (exact) mass is 337 g/mol. The van der Waals surface area contributed by atoms with E-state index in [1.54, 1.807) is 30.9 Å². The molecule has 0 spiro atoms. The topological polar surface area (TPSA) is 80.0 Å². The Morgan fingerprint density at radius 2 is 1.76 bits per heavy atom. The molecule has 0 atom stereocenters. The second-order valence-electron chi connectivity index (χ2n) is 5.99. The molecule has 0 saturated carbocycles. The highest BCUT2D eigenvalue weighted by Crippen LogP contribution is 2.22. The third kappa shape index (κ3) is 3.34. The number of nitrogens with zero attached hydrogens (tertiary/aromatic N) is 7. The van der Waals surface area contributed by atoms with Gasteiger partial charge in [-0.3, -0.25) is 9.69 Å². The fourth-order valence-electron chi connectivity index (χ4n) is 3.11. The first kappa shape index (κ1) is 15.6. The molecule has 0 aliphatic carbocycles. The van der Waals surface area contributed by atoms with Gasteiger partial charge in [-0.25, -0.2) is 19.6 Å². The molecule has 1 saturated heterocycles. The Hall–Kier alpha value is -2.87. The first-order valence-electron chi connectivity index (χ1n) is 8.36. The molecule has 1 fully saturated rings. The number of rotatable bonds is 4. The second kappa shape index (κ2) is 6.94. The Balaban J connectivity index is 1.40. The van der Waals surface area contributed by atoms with Gasteiger partial charge in [-0.2, -0.15) is 5.10 Å².